The van der Waals surface area contributed by atoms with Crippen LogP contribution in [0.1, 0.15) is 17.6 Å². The normalized spacial score (nSPS) is 10.7. The fraction of sp³-hybridized carbons (Fsp3) is 0.300. The lowest BCUT2D eigenvalue weighted by Gasteiger charge is -2.00. The maximum atomic E-state index is 5.79. The molecule has 0 aliphatic heterocycles. The van der Waals surface area contributed by atoms with E-state index in [1.807, 2.05) is 10.8 Å². The third-order valence-corrected chi connectivity index (χ3v) is 3.54. The Hall–Kier alpha value is -0.800. The lowest BCUT2D eigenvalue weighted by atomic mass is 10.4. The molecular formula is C10H11ClN2S. The summed E-state index contributed by atoms with van der Waals surface area (Å²) in [7, 11) is 0. The van der Waals surface area contributed by atoms with E-state index in [1.165, 1.54) is 9.88 Å². The second-order valence-corrected chi connectivity index (χ2v) is 4.35. The Bertz CT molecular complexity index is 419. The molecule has 2 rings (SSSR count). The molecular weight excluding hydrogens is 216 g/mol. The molecule has 74 valence electrons. The molecule has 0 radical (unpaired) electrons. The third-order valence-electron chi connectivity index (χ3n) is 2.07. The highest BCUT2D eigenvalue weighted by Gasteiger charge is 2.05. The first-order chi connectivity index (χ1) is 6.85. The van der Waals surface area contributed by atoms with Gasteiger partial charge in [-0.15, -0.1) is 22.9 Å². The zero-order chi connectivity index (χ0) is 9.97. The summed E-state index contributed by atoms with van der Waals surface area (Å²) in [5.41, 5.74) is 0. The van der Waals surface area contributed by atoms with Crippen LogP contribution in [0, 0.1) is 0 Å². The molecule has 2 aromatic heterocycles. The van der Waals surface area contributed by atoms with Gasteiger partial charge in [-0.3, -0.25) is 4.57 Å². The van der Waals surface area contributed by atoms with E-state index >= 15 is 0 Å². The smallest absolute Gasteiger partial charge is 0.128 e. The molecule has 0 bridgehead atoms. The fourth-order valence-corrected chi connectivity index (χ4v) is 2.47. The van der Waals surface area contributed by atoms with Crippen LogP contribution in [-0.4, -0.2) is 9.55 Å². The summed E-state index contributed by atoms with van der Waals surface area (Å²) in [6, 6.07) is 4.26. The Morgan fingerprint density at radius 3 is 3.00 bits per heavy atom. The van der Waals surface area contributed by atoms with Gasteiger partial charge in [0.1, 0.15) is 10.8 Å². The summed E-state index contributed by atoms with van der Waals surface area (Å²) >= 11 is 7.57. The van der Waals surface area contributed by atoms with Crippen LogP contribution < -0.4 is 0 Å². The second kappa shape index (κ2) is 4.15. The minimum atomic E-state index is 0.451. The van der Waals surface area contributed by atoms with Crippen molar-refractivity contribution in [3.8, 4) is 5.00 Å². The number of nitrogens with zero attached hydrogens (tertiary/aromatic N) is 2. The lowest BCUT2D eigenvalue weighted by Crippen LogP contribution is -1.94. The molecule has 0 aromatic carbocycles. The molecule has 0 N–H and O–H groups in total. The summed E-state index contributed by atoms with van der Waals surface area (Å²) in [6.07, 6.45) is 4.81. The van der Waals surface area contributed by atoms with Crippen LogP contribution in [-0.2, 0) is 12.3 Å². The molecule has 14 heavy (non-hydrogen) atoms. The molecule has 0 fully saturated rings. The Balaban J connectivity index is 2.38. The summed E-state index contributed by atoms with van der Waals surface area (Å²) in [4.78, 5) is 5.57. The van der Waals surface area contributed by atoms with Crippen molar-refractivity contribution in [1.82, 2.24) is 9.55 Å². The van der Waals surface area contributed by atoms with Gasteiger partial charge in [-0.2, -0.15) is 0 Å². The van der Waals surface area contributed by atoms with Crippen molar-refractivity contribution in [2.24, 2.45) is 0 Å². The number of aromatic nitrogens is 2. The van der Waals surface area contributed by atoms with Gasteiger partial charge in [-0.05, 0) is 18.6 Å². The minimum Gasteiger partial charge on any atom is -0.294 e. The molecule has 0 atom stereocenters. The van der Waals surface area contributed by atoms with Crippen LogP contribution >= 0.6 is 22.9 Å². The Labute approximate surface area is 92.2 Å². The summed E-state index contributed by atoms with van der Waals surface area (Å²) < 4.78 is 2.04. The topological polar surface area (TPSA) is 17.8 Å². The molecule has 0 saturated carbocycles. The van der Waals surface area contributed by atoms with Crippen molar-refractivity contribution in [2.45, 2.75) is 19.2 Å². The predicted octanol–water partition coefficient (Wildman–Crippen LogP) is 3.24. The first-order valence-corrected chi connectivity index (χ1v) is 5.87. The van der Waals surface area contributed by atoms with Gasteiger partial charge in [-0.25, -0.2) is 4.98 Å². The van der Waals surface area contributed by atoms with Gasteiger partial charge in [0.15, 0.2) is 0 Å². The van der Waals surface area contributed by atoms with E-state index in [-0.39, 0.29) is 0 Å². The molecule has 0 spiro atoms. The number of halogens is 1. The Kier molecular flexibility index (Phi) is 2.89. The van der Waals surface area contributed by atoms with E-state index < -0.39 is 0 Å². The van der Waals surface area contributed by atoms with Crippen molar-refractivity contribution in [2.75, 3.05) is 0 Å². The number of hydrogen-bond acceptors (Lipinski definition) is 2. The van der Waals surface area contributed by atoms with Gasteiger partial charge in [0, 0.05) is 17.3 Å². The van der Waals surface area contributed by atoms with E-state index in [9.17, 15) is 0 Å². The van der Waals surface area contributed by atoms with Crippen molar-refractivity contribution in [1.29, 1.82) is 0 Å². The number of hydrogen-bond donors (Lipinski definition) is 0. The van der Waals surface area contributed by atoms with Gasteiger partial charge in [-0.1, -0.05) is 6.92 Å². The number of aryl methyl sites for hydroxylation is 1. The highest BCUT2D eigenvalue weighted by Crippen LogP contribution is 2.22. The Morgan fingerprint density at radius 2 is 2.36 bits per heavy atom. The van der Waals surface area contributed by atoms with Crippen LogP contribution in [0.15, 0.2) is 24.5 Å². The maximum absolute atomic E-state index is 5.79. The van der Waals surface area contributed by atoms with Gasteiger partial charge < -0.3 is 0 Å². The first kappa shape index (κ1) is 9.74. The van der Waals surface area contributed by atoms with E-state index in [2.05, 4.69) is 24.0 Å². The van der Waals surface area contributed by atoms with Crippen molar-refractivity contribution < 1.29 is 0 Å². The van der Waals surface area contributed by atoms with Gasteiger partial charge in [0.25, 0.3) is 0 Å². The molecule has 2 heterocycles. The molecule has 4 heteroatoms. The zero-order valence-corrected chi connectivity index (χ0v) is 9.48. The van der Waals surface area contributed by atoms with Crippen LogP contribution in [0.5, 0.6) is 0 Å². The standard InChI is InChI=1S/C10H11ClN2S/c1-2-8-3-4-10(14-8)13-6-5-12-9(13)7-11/h3-6H,2,7H2,1H3. The summed E-state index contributed by atoms with van der Waals surface area (Å²) in [5.74, 6) is 1.35. The van der Waals surface area contributed by atoms with Crippen LogP contribution in [0.4, 0.5) is 0 Å². The van der Waals surface area contributed by atoms with E-state index in [4.69, 9.17) is 11.6 Å². The van der Waals surface area contributed by atoms with Crippen LogP contribution in [0.3, 0.4) is 0 Å². The monoisotopic (exact) mass is 226 g/mol. The van der Waals surface area contributed by atoms with Crippen LogP contribution in [0.25, 0.3) is 5.00 Å². The zero-order valence-electron chi connectivity index (χ0n) is 7.90. The Morgan fingerprint density at radius 1 is 1.50 bits per heavy atom. The number of alkyl halides is 1. The van der Waals surface area contributed by atoms with Gasteiger partial charge in [0.05, 0.1) is 5.88 Å². The van der Waals surface area contributed by atoms with E-state index in [0.717, 1.165) is 12.2 Å². The maximum Gasteiger partial charge on any atom is 0.128 e. The average molecular weight is 227 g/mol. The molecule has 2 aromatic rings. The predicted molar refractivity (Wildman–Crippen MR) is 60.4 cm³/mol. The number of imidazole rings is 1. The van der Waals surface area contributed by atoms with Crippen molar-refractivity contribution >= 4 is 22.9 Å². The lowest BCUT2D eigenvalue weighted by molar-refractivity contribution is 0.975. The molecule has 0 aliphatic carbocycles. The first-order valence-electron chi connectivity index (χ1n) is 4.52. The number of thiophene rings is 1. The quantitative estimate of drug-likeness (QED) is 0.735. The largest absolute Gasteiger partial charge is 0.294 e. The third kappa shape index (κ3) is 1.70. The highest BCUT2D eigenvalue weighted by atomic mass is 35.5. The van der Waals surface area contributed by atoms with Crippen molar-refractivity contribution in [3.05, 3.63) is 35.2 Å². The highest BCUT2D eigenvalue weighted by molar-refractivity contribution is 7.14. The van der Waals surface area contributed by atoms with Crippen molar-refractivity contribution in [3.63, 3.8) is 0 Å². The second-order valence-electron chi connectivity index (χ2n) is 2.94. The summed E-state index contributed by atoms with van der Waals surface area (Å²) in [6.45, 7) is 2.16. The summed E-state index contributed by atoms with van der Waals surface area (Å²) in [5, 5.41) is 1.19. The van der Waals surface area contributed by atoms with Gasteiger partial charge in [0.2, 0.25) is 0 Å². The molecule has 0 unspecified atom stereocenters. The average Bonchev–Trinajstić information content (AvgIpc) is 2.85. The fourth-order valence-electron chi connectivity index (χ4n) is 1.32. The molecule has 2 nitrogen and oxygen atoms in total. The SMILES string of the molecule is CCc1ccc(-n2ccnc2CCl)s1. The number of rotatable bonds is 3. The molecule has 0 amide bonds. The minimum absolute atomic E-state index is 0.451. The van der Waals surface area contributed by atoms with E-state index in [0.29, 0.717) is 5.88 Å². The molecule has 0 aliphatic rings. The van der Waals surface area contributed by atoms with E-state index in [1.54, 1.807) is 17.5 Å². The molecule has 0 saturated heterocycles. The van der Waals surface area contributed by atoms with Crippen LogP contribution in [0.2, 0.25) is 0 Å². The van der Waals surface area contributed by atoms with Gasteiger partial charge >= 0.3 is 0 Å².